The first-order chi connectivity index (χ1) is 33.3. The fourth-order valence-electron chi connectivity index (χ4n) is 12.8. The summed E-state index contributed by atoms with van der Waals surface area (Å²) in [6.45, 7) is 13.4. The summed E-state index contributed by atoms with van der Waals surface area (Å²) in [5.41, 5.74) is 12.4. The zero-order valence-corrected chi connectivity index (χ0v) is 40.8. The van der Waals surface area contributed by atoms with Gasteiger partial charge in [0.2, 0.25) is 5.89 Å². The zero-order chi connectivity index (χ0) is 47.1. The second-order valence-electron chi connectivity index (χ2n) is 22.6. The summed E-state index contributed by atoms with van der Waals surface area (Å²) in [5.74, 6) is 5.67. The van der Waals surface area contributed by atoms with Crippen molar-refractivity contribution < 1.29 is 9.15 Å². The van der Waals surface area contributed by atoms with Gasteiger partial charge in [0.05, 0.1) is 11.0 Å². The second kappa shape index (κ2) is 16.7. The molecule has 4 bridgehead atoms. The van der Waals surface area contributed by atoms with Crippen molar-refractivity contribution in [2.24, 2.45) is 17.8 Å². The molecule has 0 aliphatic heterocycles. The largest absolute Gasteiger partial charge is 0.457 e. The lowest BCUT2D eigenvalue weighted by atomic mass is 9.48. The topological polar surface area (TPSA) is 65.1 Å². The number of hydrogen-bond acceptors (Lipinski definition) is 5. The van der Waals surface area contributed by atoms with Crippen LogP contribution in [-0.2, 0) is 10.8 Å². The molecule has 4 fully saturated rings. The highest BCUT2D eigenvalue weighted by Crippen LogP contribution is 2.61. The SMILES string of the molecule is CC(C)(C)NC(c1nc(-c2cccc(Oc3ccc4c5cc(C67CC8CC(CC(C8)C6)C7)ccc5n(-c5cc(C(C)(C)C)ccn5)c4c3)c2)co1)c1c(-c2ccccc2)cccc1-c1ccccc1. The third-order valence-electron chi connectivity index (χ3n) is 15.5. The quantitative estimate of drug-likeness (QED) is 0.148. The molecule has 346 valence electrons. The molecule has 4 aliphatic carbocycles. The number of nitrogens with one attached hydrogen (secondary N) is 1. The molecule has 69 heavy (non-hydrogen) atoms. The van der Waals surface area contributed by atoms with E-state index in [4.69, 9.17) is 19.1 Å². The van der Waals surface area contributed by atoms with Crippen LogP contribution in [0, 0.1) is 17.8 Å². The normalized spacial score (nSPS) is 20.5. The second-order valence-corrected chi connectivity index (χ2v) is 22.6. The summed E-state index contributed by atoms with van der Waals surface area (Å²) in [6, 6.07) is 54.0. The van der Waals surface area contributed by atoms with Crippen molar-refractivity contribution in [1.82, 2.24) is 19.9 Å². The van der Waals surface area contributed by atoms with Crippen molar-refractivity contribution in [1.29, 1.82) is 0 Å². The minimum absolute atomic E-state index is 0.0201. The predicted octanol–water partition coefficient (Wildman–Crippen LogP) is 16.2. The van der Waals surface area contributed by atoms with Crippen LogP contribution in [0.1, 0.15) is 109 Å². The highest BCUT2D eigenvalue weighted by atomic mass is 16.5. The number of aromatic nitrogens is 3. The van der Waals surface area contributed by atoms with Crippen molar-refractivity contribution in [3.05, 3.63) is 187 Å². The molecule has 3 aromatic heterocycles. The van der Waals surface area contributed by atoms with Crippen molar-refractivity contribution in [2.75, 3.05) is 0 Å². The Morgan fingerprint density at radius 2 is 1.26 bits per heavy atom. The Bertz CT molecular complexity index is 3260. The molecule has 9 aromatic rings. The Labute approximate surface area is 406 Å². The van der Waals surface area contributed by atoms with Crippen LogP contribution in [0.4, 0.5) is 0 Å². The van der Waals surface area contributed by atoms with E-state index in [-0.39, 0.29) is 17.0 Å². The molecule has 6 heteroatoms. The Hall–Kier alpha value is -6.76. The Kier molecular flexibility index (Phi) is 10.6. The molecule has 6 aromatic carbocycles. The molecule has 1 unspecified atom stereocenters. The molecule has 1 atom stereocenters. The van der Waals surface area contributed by atoms with Gasteiger partial charge >= 0.3 is 0 Å². The van der Waals surface area contributed by atoms with Crippen LogP contribution in [0.2, 0.25) is 0 Å². The number of rotatable bonds is 10. The van der Waals surface area contributed by atoms with Crippen LogP contribution in [0.3, 0.4) is 0 Å². The molecule has 13 rings (SSSR count). The van der Waals surface area contributed by atoms with Gasteiger partial charge in [0, 0.05) is 34.1 Å². The minimum Gasteiger partial charge on any atom is -0.457 e. The maximum absolute atomic E-state index is 6.82. The Morgan fingerprint density at radius 1 is 0.623 bits per heavy atom. The van der Waals surface area contributed by atoms with Crippen molar-refractivity contribution >= 4 is 21.8 Å². The van der Waals surface area contributed by atoms with E-state index >= 15 is 0 Å². The molecule has 0 saturated heterocycles. The lowest BCUT2D eigenvalue weighted by Crippen LogP contribution is -2.48. The lowest BCUT2D eigenvalue weighted by Gasteiger charge is -2.57. The van der Waals surface area contributed by atoms with Gasteiger partial charge in [-0.2, -0.15) is 0 Å². The minimum atomic E-state index is -0.356. The average molecular weight is 907 g/mol. The molecule has 0 radical (unpaired) electrons. The Morgan fingerprint density at radius 3 is 1.91 bits per heavy atom. The van der Waals surface area contributed by atoms with Crippen LogP contribution in [0.5, 0.6) is 11.5 Å². The number of ether oxygens (including phenoxy) is 1. The number of pyridine rings is 1. The fourth-order valence-corrected chi connectivity index (χ4v) is 12.8. The van der Waals surface area contributed by atoms with E-state index in [2.05, 4.69) is 191 Å². The van der Waals surface area contributed by atoms with Gasteiger partial charge < -0.3 is 9.15 Å². The molecule has 0 spiro atoms. The van der Waals surface area contributed by atoms with Gasteiger partial charge in [0.15, 0.2) is 0 Å². The molecular weight excluding hydrogens is 845 g/mol. The lowest BCUT2D eigenvalue weighted by molar-refractivity contribution is -0.00512. The summed E-state index contributed by atoms with van der Waals surface area (Å²) < 4.78 is 15.7. The van der Waals surface area contributed by atoms with Crippen LogP contribution in [0.15, 0.2) is 169 Å². The summed E-state index contributed by atoms with van der Waals surface area (Å²) >= 11 is 0. The molecule has 6 nitrogen and oxygen atoms in total. The standard InChI is InChI=1S/C63H62N4O2/c1-61(2,3)46-27-28-64-57(34-46)67-55-26-23-47(63-36-40-29-41(37-63)31-42(30-40)38-63)33-53(55)52-25-24-49(35-56(52)67)69-48-20-13-19-45(32-48)54-39-68-60(65-54)59(66-62(4,5)6)58-50(43-15-9-7-10-16-43)21-14-22-51(58)44-17-11-8-12-18-44/h7-28,32-35,39-42,59,66H,29-31,36-38H2,1-6H3. The summed E-state index contributed by atoms with van der Waals surface area (Å²) in [4.78, 5) is 10.3. The van der Waals surface area contributed by atoms with E-state index in [0.717, 1.165) is 79.7 Å². The molecule has 4 saturated carbocycles. The van der Waals surface area contributed by atoms with Gasteiger partial charge in [-0.15, -0.1) is 0 Å². The van der Waals surface area contributed by atoms with Crippen LogP contribution in [0.25, 0.3) is 61.1 Å². The molecule has 1 N–H and O–H groups in total. The van der Waals surface area contributed by atoms with Gasteiger partial charge in [-0.1, -0.05) is 118 Å². The van der Waals surface area contributed by atoms with Crippen LogP contribution >= 0.6 is 0 Å². The van der Waals surface area contributed by atoms with Gasteiger partial charge in [0.25, 0.3) is 0 Å². The van der Waals surface area contributed by atoms with Gasteiger partial charge in [0.1, 0.15) is 35.3 Å². The van der Waals surface area contributed by atoms with Gasteiger partial charge in [-0.05, 0) is 175 Å². The number of hydrogen-bond donors (Lipinski definition) is 1. The van der Waals surface area contributed by atoms with E-state index in [1.54, 1.807) is 6.26 Å². The van der Waals surface area contributed by atoms with Gasteiger partial charge in [-0.25, -0.2) is 9.97 Å². The van der Waals surface area contributed by atoms with Crippen molar-refractivity contribution in [3.8, 4) is 50.8 Å². The van der Waals surface area contributed by atoms with E-state index in [9.17, 15) is 0 Å². The number of oxazole rings is 1. The maximum Gasteiger partial charge on any atom is 0.216 e. The number of fused-ring (bicyclic) bond motifs is 3. The maximum atomic E-state index is 6.82. The molecule has 3 heterocycles. The molecule has 4 aliphatic rings. The van der Waals surface area contributed by atoms with E-state index < -0.39 is 0 Å². The van der Waals surface area contributed by atoms with Crippen LogP contribution < -0.4 is 10.1 Å². The van der Waals surface area contributed by atoms with Crippen LogP contribution in [-0.4, -0.2) is 20.1 Å². The third kappa shape index (κ3) is 8.16. The Balaban J connectivity index is 0.914. The van der Waals surface area contributed by atoms with Crippen molar-refractivity contribution in [2.45, 2.75) is 102 Å². The van der Waals surface area contributed by atoms with E-state index in [1.165, 1.54) is 65.9 Å². The third-order valence-corrected chi connectivity index (χ3v) is 15.5. The predicted molar refractivity (Wildman–Crippen MR) is 281 cm³/mol. The molecule has 0 amide bonds. The average Bonchev–Trinajstić information content (AvgIpc) is 3.96. The summed E-state index contributed by atoms with van der Waals surface area (Å²) in [6.07, 6.45) is 12.1. The van der Waals surface area contributed by atoms with E-state index in [0.29, 0.717) is 11.3 Å². The summed E-state index contributed by atoms with van der Waals surface area (Å²) in [7, 11) is 0. The number of nitrogens with zero attached hydrogens (tertiary/aromatic N) is 3. The number of benzene rings is 6. The highest BCUT2D eigenvalue weighted by molar-refractivity contribution is 6.10. The zero-order valence-electron chi connectivity index (χ0n) is 40.8. The smallest absolute Gasteiger partial charge is 0.216 e. The first-order valence-corrected chi connectivity index (χ1v) is 25.1. The van der Waals surface area contributed by atoms with E-state index in [1.807, 2.05) is 18.3 Å². The summed E-state index contributed by atoms with van der Waals surface area (Å²) in [5, 5.41) is 6.42. The molecular formula is C63H62N4O2. The monoisotopic (exact) mass is 906 g/mol. The first-order valence-electron chi connectivity index (χ1n) is 25.1. The first kappa shape index (κ1) is 43.5. The van der Waals surface area contributed by atoms with Crippen molar-refractivity contribution in [3.63, 3.8) is 0 Å². The fraction of sp³-hybridized carbons (Fsp3) is 0.302. The van der Waals surface area contributed by atoms with Gasteiger partial charge in [-0.3, -0.25) is 9.88 Å². The highest BCUT2D eigenvalue weighted by Gasteiger charge is 2.51.